The van der Waals surface area contributed by atoms with E-state index in [-0.39, 0.29) is 5.43 Å². The summed E-state index contributed by atoms with van der Waals surface area (Å²) in [6, 6.07) is 18.4. The molecule has 0 radical (unpaired) electrons. The zero-order valence-corrected chi connectivity index (χ0v) is 16.2. The molecule has 0 amide bonds. The normalized spacial score (nSPS) is 12.0. The minimum absolute atomic E-state index is 0.226. The maximum absolute atomic E-state index is 13.0. The van der Waals surface area contributed by atoms with E-state index in [1.807, 2.05) is 0 Å². The Morgan fingerprint density at radius 2 is 1.63 bits per heavy atom. The molecule has 0 bridgehead atoms. The van der Waals surface area contributed by atoms with Gasteiger partial charge < -0.3 is 0 Å². The summed E-state index contributed by atoms with van der Waals surface area (Å²) in [6.07, 6.45) is -1.28. The number of hydrogen-bond donors (Lipinski definition) is 0. The SMILES string of the molecule is O=c1ccccc2c(/C=C\c3cccc(C(F)(F)F)c3)nn(-c3ccc(Cl)cc3)c12. The summed E-state index contributed by atoms with van der Waals surface area (Å²) in [4.78, 5) is 12.6. The molecule has 7 heteroatoms. The van der Waals surface area contributed by atoms with Crippen molar-refractivity contribution in [2.24, 2.45) is 0 Å². The highest BCUT2D eigenvalue weighted by atomic mass is 35.5. The molecule has 0 aliphatic heterocycles. The van der Waals surface area contributed by atoms with E-state index in [4.69, 9.17) is 11.6 Å². The molecule has 0 atom stereocenters. The molecule has 0 unspecified atom stereocenters. The highest BCUT2D eigenvalue weighted by Gasteiger charge is 2.30. The quantitative estimate of drug-likeness (QED) is 0.389. The first-order valence-electron chi connectivity index (χ1n) is 8.96. The Labute approximate surface area is 174 Å². The van der Waals surface area contributed by atoms with Crippen LogP contribution in [0.15, 0.2) is 77.6 Å². The van der Waals surface area contributed by atoms with Gasteiger partial charge in [0.05, 0.1) is 16.9 Å². The third-order valence-corrected chi connectivity index (χ3v) is 4.78. The molecule has 0 saturated heterocycles. The first-order valence-corrected chi connectivity index (χ1v) is 9.34. The zero-order chi connectivity index (χ0) is 21.3. The van der Waals surface area contributed by atoms with E-state index < -0.39 is 11.7 Å². The maximum atomic E-state index is 13.0. The van der Waals surface area contributed by atoms with Crippen molar-refractivity contribution in [2.45, 2.75) is 6.18 Å². The molecule has 0 aliphatic carbocycles. The van der Waals surface area contributed by atoms with Gasteiger partial charge in [-0.3, -0.25) is 4.79 Å². The summed E-state index contributed by atoms with van der Waals surface area (Å²) >= 11 is 5.95. The highest BCUT2D eigenvalue weighted by molar-refractivity contribution is 6.30. The van der Waals surface area contributed by atoms with Crippen molar-refractivity contribution in [3.8, 4) is 5.69 Å². The van der Waals surface area contributed by atoms with Crippen LogP contribution in [0.5, 0.6) is 0 Å². The number of fused-ring (bicyclic) bond motifs is 1. The van der Waals surface area contributed by atoms with Crippen LogP contribution in [0.25, 0.3) is 28.7 Å². The molecule has 30 heavy (non-hydrogen) atoms. The van der Waals surface area contributed by atoms with E-state index in [2.05, 4.69) is 5.10 Å². The largest absolute Gasteiger partial charge is 0.416 e. The molecule has 0 aliphatic rings. The predicted octanol–water partition coefficient (Wildman–Crippen LogP) is 6.23. The second-order valence-corrected chi connectivity index (χ2v) is 7.01. The molecule has 1 aromatic heterocycles. The van der Waals surface area contributed by atoms with Crippen LogP contribution in [0.2, 0.25) is 5.02 Å². The third kappa shape index (κ3) is 4.00. The average molecular weight is 427 g/mol. The lowest BCUT2D eigenvalue weighted by atomic mass is 10.1. The molecule has 0 saturated carbocycles. The van der Waals surface area contributed by atoms with Gasteiger partial charge >= 0.3 is 6.18 Å². The summed E-state index contributed by atoms with van der Waals surface area (Å²) in [5.74, 6) is 0. The molecular formula is C23H14ClF3N2O. The van der Waals surface area contributed by atoms with Crippen molar-refractivity contribution in [3.63, 3.8) is 0 Å². The van der Waals surface area contributed by atoms with Gasteiger partial charge in [-0.2, -0.15) is 18.3 Å². The van der Waals surface area contributed by atoms with E-state index in [1.54, 1.807) is 60.7 Å². The Hall–Kier alpha value is -3.38. The smallest absolute Gasteiger partial charge is 0.288 e. The zero-order valence-electron chi connectivity index (χ0n) is 15.4. The molecule has 4 rings (SSSR count). The minimum atomic E-state index is -4.42. The number of alkyl halides is 3. The Kier molecular flexibility index (Phi) is 5.18. The molecule has 3 aromatic carbocycles. The topological polar surface area (TPSA) is 34.9 Å². The van der Waals surface area contributed by atoms with Crippen molar-refractivity contribution in [2.75, 3.05) is 0 Å². The monoisotopic (exact) mass is 426 g/mol. The van der Waals surface area contributed by atoms with E-state index in [0.29, 0.717) is 32.9 Å². The fourth-order valence-electron chi connectivity index (χ4n) is 3.11. The van der Waals surface area contributed by atoms with Gasteiger partial charge in [-0.05, 0) is 54.1 Å². The Balaban J connectivity index is 1.85. The van der Waals surface area contributed by atoms with Gasteiger partial charge in [0.2, 0.25) is 5.43 Å². The predicted molar refractivity (Wildman–Crippen MR) is 113 cm³/mol. The lowest BCUT2D eigenvalue weighted by molar-refractivity contribution is -0.137. The number of nitrogens with zero attached hydrogens (tertiary/aromatic N) is 2. The molecule has 0 spiro atoms. The Bertz CT molecular complexity index is 1310. The van der Waals surface area contributed by atoms with Crippen LogP contribution >= 0.6 is 11.6 Å². The molecule has 150 valence electrons. The molecule has 0 fully saturated rings. The van der Waals surface area contributed by atoms with Gasteiger partial charge in [0, 0.05) is 10.4 Å². The lowest BCUT2D eigenvalue weighted by Gasteiger charge is -2.06. The summed E-state index contributed by atoms with van der Waals surface area (Å²) in [5, 5.41) is 5.66. The maximum Gasteiger partial charge on any atom is 0.416 e. The van der Waals surface area contributed by atoms with Crippen LogP contribution < -0.4 is 5.43 Å². The second kappa shape index (κ2) is 7.80. The minimum Gasteiger partial charge on any atom is -0.288 e. The Morgan fingerprint density at radius 1 is 0.900 bits per heavy atom. The van der Waals surface area contributed by atoms with E-state index in [9.17, 15) is 18.0 Å². The molecule has 3 nitrogen and oxygen atoms in total. The van der Waals surface area contributed by atoms with Crippen molar-refractivity contribution >= 4 is 34.7 Å². The summed E-state index contributed by atoms with van der Waals surface area (Å²) in [7, 11) is 0. The first kappa shape index (κ1) is 19.9. The number of hydrogen-bond acceptors (Lipinski definition) is 2. The van der Waals surface area contributed by atoms with Gasteiger partial charge in [-0.25, -0.2) is 4.68 Å². The highest BCUT2D eigenvalue weighted by Crippen LogP contribution is 2.30. The van der Waals surface area contributed by atoms with Crippen molar-refractivity contribution in [1.82, 2.24) is 9.78 Å². The lowest BCUT2D eigenvalue weighted by Crippen LogP contribution is -2.04. The Morgan fingerprint density at radius 3 is 2.37 bits per heavy atom. The van der Waals surface area contributed by atoms with Crippen LogP contribution in [0, 0.1) is 0 Å². The van der Waals surface area contributed by atoms with Crippen LogP contribution in [0.4, 0.5) is 13.2 Å². The first-order chi connectivity index (χ1) is 14.3. The van der Waals surface area contributed by atoms with Gasteiger partial charge in [0.25, 0.3) is 0 Å². The van der Waals surface area contributed by atoms with E-state index in [1.165, 1.54) is 16.8 Å². The van der Waals surface area contributed by atoms with Gasteiger partial charge in [0.1, 0.15) is 5.52 Å². The molecule has 4 aromatic rings. The van der Waals surface area contributed by atoms with Crippen LogP contribution in [0.1, 0.15) is 16.8 Å². The fraction of sp³-hybridized carbons (Fsp3) is 0.0435. The van der Waals surface area contributed by atoms with Gasteiger partial charge in [0.15, 0.2) is 0 Å². The van der Waals surface area contributed by atoms with Crippen molar-refractivity contribution in [3.05, 3.63) is 105 Å². The van der Waals surface area contributed by atoms with Crippen molar-refractivity contribution < 1.29 is 13.2 Å². The van der Waals surface area contributed by atoms with E-state index >= 15 is 0 Å². The number of benzene rings is 2. The fourth-order valence-corrected chi connectivity index (χ4v) is 3.23. The summed E-state index contributed by atoms with van der Waals surface area (Å²) in [5.41, 5.74) is 0.899. The van der Waals surface area contributed by atoms with Gasteiger partial charge in [-0.1, -0.05) is 48.0 Å². The summed E-state index contributed by atoms with van der Waals surface area (Å²) < 4.78 is 40.4. The average Bonchev–Trinajstić information content (AvgIpc) is 2.97. The standard InChI is InChI=1S/C23H14ClF3N2O/c24-17-9-11-18(12-10-17)29-22-19(6-1-2-7-21(22)30)20(28-29)13-8-15-4-3-5-16(14-15)23(25,26)27/h1-14H/b13-8-. The molecule has 0 N–H and O–H groups in total. The number of rotatable bonds is 3. The van der Waals surface area contributed by atoms with Crippen molar-refractivity contribution in [1.29, 1.82) is 0 Å². The van der Waals surface area contributed by atoms with Crippen LogP contribution in [-0.4, -0.2) is 9.78 Å². The number of aromatic nitrogens is 2. The summed E-state index contributed by atoms with van der Waals surface area (Å²) in [6.45, 7) is 0. The molecular weight excluding hydrogens is 413 g/mol. The molecule has 1 heterocycles. The third-order valence-electron chi connectivity index (χ3n) is 4.52. The van der Waals surface area contributed by atoms with Gasteiger partial charge in [-0.15, -0.1) is 0 Å². The second-order valence-electron chi connectivity index (χ2n) is 6.57. The van der Waals surface area contributed by atoms with Crippen LogP contribution in [-0.2, 0) is 6.18 Å². The van der Waals surface area contributed by atoms with Crippen LogP contribution in [0.3, 0.4) is 0 Å². The van der Waals surface area contributed by atoms with E-state index in [0.717, 1.165) is 12.1 Å². The number of halogens is 4.